The van der Waals surface area contributed by atoms with Crippen LogP contribution in [0.15, 0.2) is 30.3 Å². The monoisotopic (exact) mass is 347 g/mol. The van der Waals surface area contributed by atoms with E-state index in [1.807, 2.05) is 35.2 Å². The SMILES string of the molecule is CCCCN(C(=O)CCCC(=O)OCCCC(C)C)c1ccccc1. The van der Waals surface area contributed by atoms with Crippen molar-refractivity contribution in [3.63, 3.8) is 0 Å². The standard InChI is InChI=1S/C21H33NO3/c1-4-5-16-22(19-12-7-6-8-13-19)20(23)14-9-15-21(24)25-17-10-11-18(2)3/h6-8,12-13,18H,4-5,9-11,14-17H2,1-3H3. The van der Waals surface area contributed by atoms with Crippen LogP contribution in [0.1, 0.15) is 65.7 Å². The molecule has 4 heteroatoms. The first-order valence-electron chi connectivity index (χ1n) is 9.55. The Morgan fingerprint density at radius 3 is 2.40 bits per heavy atom. The van der Waals surface area contributed by atoms with E-state index in [0.29, 0.717) is 31.8 Å². The van der Waals surface area contributed by atoms with Crippen LogP contribution in [0.3, 0.4) is 0 Å². The summed E-state index contributed by atoms with van der Waals surface area (Å²) in [6, 6.07) is 9.74. The third-order valence-electron chi connectivity index (χ3n) is 4.06. The van der Waals surface area contributed by atoms with Gasteiger partial charge in [-0.25, -0.2) is 0 Å². The molecular weight excluding hydrogens is 314 g/mol. The molecule has 1 aromatic carbocycles. The van der Waals surface area contributed by atoms with E-state index < -0.39 is 0 Å². The van der Waals surface area contributed by atoms with Crippen molar-refractivity contribution in [2.45, 2.75) is 65.7 Å². The van der Waals surface area contributed by atoms with Gasteiger partial charge in [0.2, 0.25) is 5.91 Å². The van der Waals surface area contributed by atoms with Crippen molar-refractivity contribution in [1.29, 1.82) is 0 Å². The van der Waals surface area contributed by atoms with E-state index in [1.165, 1.54) is 0 Å². The molecule has 0 atom stereocenters. The van der Waals surface area contributed by atoms with Crippen LogP contribution < -0.4 is 4.90 Å². The lowest BCUT2D eigenvalue weighted by molar-refractivity contribution is -0.143. The summed E-state index contributed by atoms with van der Waals surface area (Å²) in [6.07, 6.45) is 5.20. The Morgan fingerprint density at radius 2 is 1.76 bits per heavy atom. The fourth-order valence-corrected chi connectivity index (χ4v) is 2.59. The lowest BCUT2D eigenvalue weighted by Gasteiger charge is -2.22. The summed E-state index contributed by atoms with van der Waals surface area (Å²) in [7, 11) is 0. The minimum absolute atomic E-state index is 0.0762. The molecule has 25 heavy (non-hydrogen) atoms. The molecule has 1 aromatic rings. The predicted octanol–water partition coefficient (Wildman–Crippen LogP) is 4.97. The number of amides is 1. The highest BCUT2D eigenvalue weighted by Gasteiger charge is 2.15. The van der Waals surface area contributed by atoms with E-state index in [9.17, 15) is 9.59 Å². The number of rotatable bonds is 12. The molecule has 0 saturated heterocycles. The maximum Gasteiger partial charge on any atom is 0.305 e. The average molecular weight is 347 g/mol. The second kappa shape index (κ2) is 12.5. The Bertz CT molecular complexity index is 499. The molecule has 0 fully saturated rings. The van der Waals surface area contributed by atoms with Gasteiger partial charge >= 0.3 is 5.97 Å². The summed E-state index contributed by atoms with van der Waals surface area (Å²) in [4.78, 5) is 26.1. The number of hydrogen-bond acceptors (Lipinski definition) is 3. The molecule has 1 amide bonds. The van der Waals surface area contributed by atoms with E-state index in [0.717, 1.165) is 37.9 Å². The van der Waals surface area contributed by atoms with Gasteiger partial charge < -0.3 is 9.64 Å². The van der Waals surface area contributed by atoms with Gasteiger partial charge in [-0.05, 0) is 43.7 Å². The van der Waals surface area contributed by atoms with Gasteiger partial charge in [0.25, 0.3) is 0 Å². The fraction of sp³-hybridized carbons (Fsp3) is 0.619. The first-order chi connectivity index (χ1) is 12.0. The molecule has 4 nitrogen and oxygen atoms in total. The van der Waals surface area contributed by atoms with Crippen molar-refractivity contribution in [3.8, 4) is 0 Å². The number of para-hydroxylation sites is 1. The highest BCUT2D eigenvalue weighted by Crippen LogP contribution is 2.16. The summed E-state index contributed by atoms with van der Waals surface area (Å²) in [5.41, 5.74) is 0.928. The number of anilines is 1. The topological polar surface area (TPSA) is 46.6 Å². The van der Waals surface area contributed by atoms with Crippen LogP contribution in [0.25, 0.3) is 0 Å². The second-order valence-electron chi connectivity index (χ2n) is 6.84. The number of unbranched alkanes of at least 4 members (excludes halogenated alkanes) is 1. The number of carbonyl (C=O) groups excluding carboxylic acids is 2. The number of nitrogens with zero attached hydrogens (tertiary/aromatic N) is 1. The van der Waals surface area contributed by atoms with E-state index in [2.05, 4.69) is 20.8 Å². The van der Waals surface area contributed by atoms with Crippen LogP contribution in [0.4, 0.5) is 5.69 Å². The zero-order chi connectivity index (χ0) is 18.5. The Morgan fingerprint density at radius 1 is 1.04 bits per heavy atom. The van der Waals surface area contributed by atoms with Crippen molar-refractivity contribution in [3.05, 3.63) is 30.3 Å². The minimum atomic E-state index is -0.198. The van der Waals surface area contributed by atoms with Crippen molar-refractivity contribution >= 4 is 17.6 Å². The molecule has 0 aliphatic heterocycles. The zero-order valence-electron chi connectivity index (χ0n) is 16.0. The lowest BCUT2D eigenvalue weighted by Crippen LogP contribution is -2.31. The molecule has 0 aliphatic carbocycles. The third kappa shape index (κ3) is 9.28. The van der Waals surface area contributed by atoms with Gasteiger partial charge in [-0.1, -0.05) is 45.4 Å². The molecular formula is C21H33NO3. The van der Waals surface area contributed by atoms with Gasteiger partial charge in [-0.2, -0.15) is 0 Å². The number of ether oxygens (including phenoxy) is 1. The molecule has 0 heterocycles. The predicted molar refractivity (Wildman–Crippen MR) is 103 cm³/mol. The first kappa shape index (κ1) is 21.2. The minimum Gasteiger partial charge on any atom is -0.466 e. The zero-order valence-corrected chi connectivity index (χ0v) is 16.0. The Labute approximate surface area is 152 Å². The summed E-state index contributed by atoms with van der Waals surface area (Å²) in [6.45, 7) is 7.63. The molecule has 0 aromatic heterocycles. The Hall–Kier alpha value is -1.84. The highest BCUT2D eigenvalue weighted by atomic mass is 16.5. The maximum atomic E-state index is 12.5. The number of benzene rings is 1. The van der Waals surface area contributed by atoms with Gasteiger partial charge in [0, 0.05) is 25.1 Å². The Kier molecular flexibility index (Phi) is 10.6. The first-order valence-corrected chi connectivity index (χ1v) is 9.55. The quantitative estimate of drug-likeness (QED) is 0.396. The van der Waals surface area contributed by atoms with Gasteiger partial charge in [0.15, 0.2) is 0 Å². The van der Waals surface area contributed by atoms with Crippen molar-refractivity contribution < 1.29 is 14.3 Å². The average Bonchev–Trinajstić information content (AvgIpc) is 2.60. The van der Waals surface area contributed by atoms with E-state index in [4.69, 9.17) is 4.74 Å². The molecule has 0 saturated carbocycles. The van der Waals surface area contributed by atoms with Gasteiger partial charge in [0.05, 0.1) is 6.61 Å². The smallest absolute Gasteiger partial charge is 0.305 e. The summed E-state index contributed by atoms with van der Waals surface area (Å²) >= 11 is 0. The van der Waals surface area contributed by atoms with E-state index in [1.54, 1.807) is 0 Å². The van der Waals surface area contributed by atoms with Crippen LogP contribution in [-0.4, -0.2) is 25.0 Å². The number of hydrogen-bond donors (Lipinski definition) is 0. The lowest BCUT2D eigenvalue weighted by atomic mass is 10.1. The highest BCUT2D eigenvalue weighted by molar-refractivity contribution is 5.93. The van der Waals surface area contributed by atoms with Crippen LogP contribution in [0, 0.1) is 5.92 Å². The number of esters is 1. The van der Waals surface area contributed by atoms with Crippen molar-refractivity contribution in [1.82, 2.24) is 0 Å². The van der Waals surface area contributed by atoms with Gasteiger partial charge in [0.1, 0.15) is 0 Å². The maximum absolute atomic E-state index is 12.5. The van der Waals surface area contributed by atoms with Crippen LogP contribution in [0.5, 0.6) is 0 Å². The molecule has 0 spiro atoms. The number of carbonyl (C=O) groups is 2. The summed E-state index contributed by atoms with van der Waals surface area (Å²) in [5.74, 6) is 0.507. The molecule has 0 bridgehead atoms. The van der Waals surface area contributed by atoms with E-state index >= 15 is 0 Å². The van der Waals surface area contributed by atoms with Crippen LogP contribution >= 0.6 is 0 Å². The van der Waals surface area contributed by atoms with Crippen LogP contribution in [0.2, 0.25) is 0 Å². The molecule has 0 aliphatic rings. The van der Waals surface area contributed by atoms with Crippen molar-refractivity contribution in [2.75, 3.05) is 18.1 Å². The second-order valence-corrected chi connectivity index (χ2v) is 6.84. The summed E-state index contributed by atoms with van der Waals surface area (Å²) < 4.78 is 5.22. The Balaban J connectivity index is 2.35. The molecule has 0 radical (unpaired) electrons. The normalized spacial score (nSPS) is 10.7. The van der Waals surface area contributed by atoms with Gasteiger partial charge in [-0.3, -0.25) is 9.59 Å². The molecule has 0 N–H and O–H groups in total. The molecule has 0 unspecified atom stereocenters. The molecule has 1 rings (SSSR count). The van der Waals surface area contributed by atoms with Crippen molar-refractivity contribution in [2.24, 2.45) is 5.92 Å². The van der Waals surface area contributed by atoms with E-state index in [-0.39, 0.29) is 11.9 Å². The van der Waals surface area contributed by atoms with Crippen LogP contribution in [-0.2, 0) is 14.3 Å². The summed E-state index contributed by atoms with van der Waals surface area (Å²) in [5, 5.41) is 0. The molecule has 140 valence electrons. The largest absolute Gasteiger partial charge is 0.466 e. The van der Waals surface area contributed by atoms with Gasteiger partial charge in [-0.15, -0.1) is 0 Å². The third-order valence-corrected chi connectivity index (χ3v) is 4.06. The fourth-order valence-electron chi connectivity index (χ4n) is 2.59.